The third-order valence-electron chi connectivity index (χ3n) is 4.58. The SMILES string of the molecule is CCc1cccc(NC(=O)CSc2nc3ncccc3c(=O)n2-c2ccccc2)c1. The molecule has 0 radical (unpaired) electrons. The van der Waals surface area contributed by atoms with Crippen LogP contribution in [0.25, 0.3) is 16.7 Å². The van der Waals surface area contributed by atoms with Crippen LogP contribution < -0.4 is 10.9 Å². The number of benzene rings is 2. The summed E-state index contributed by atoms with van der Waals surface area (Å²) in [4.78, 5) is 34.4. The van der Waals surface area contributed by atoms with E-state index in [0.717, 1.165) is 17.7 Å². The molecule has 0 bridgehead atoms. The van der Waals surface area contributed by atoms with Gasteiger partial charge < -0.3 is 5.32 Å². The fraction of sp³-hybridized carbons (Fsp3) is 0.130. The van der Waals surface area contributed by atoms with Crippen molar-refractivity contribution in [3.63, 3.8) is 0 Å². The quantitative estimate of drug-likeness (QED) is 0.379. The first-order valence-electron chi connectivity index (χ1n) is 9.60. The first-order chi connectivity index (χ1) is 14.7. The molecule has 0 aliphatic rings. The second-order valence-electron chi connectivity index (χ2n) is 6.64. The highest BCUT2D eigenvalue weighted by Crippen LogP contribution is 2.21. The molecule has 7 heteroatoms. The van der Waals surface area contributed by atoms with E-state index in [1.54, 1.807) is 18.3 Å². The molecule has 30 heavy (non-hydrogen) atoms. The molecule has 0 saturated carbocycles. The van der Waals surface area contributed by atoms with Gasteiger partial charge in [0.2, 0.25) is 5.91 Å². The number of nitrogens with zero attached hydrogens (tertiary/aromatic N) is 3. The zero-order valence-electron chi connectivity index (χ0n) is 16.4. The molecule has 0 aliphatic heterocycles. The molecule has 2 aromatic heterocycles. The monoisotopic (exact) mass is 416 g/mol. The van der Waals surface area contributed by atoms with Gasteiger partial charge in [-0.25, -0.2) is 9.97 Å². The van der Waals surface area contributed by atoms with Gasteiger partial charge in [0.1, 0.15) is 0 Å². The number of pyridine rings is 1. The zero-order chi connectivity index (χ0) is 20.9. The standard InChI is InChI=1S/C23H20N4O2S/c1-2-16-8-6-9-17(14-16)25-20(28)15-30-23-26-21-19(12-7-13-24-21)22(29)27(23)18-10-4-3-5-11-18/h3-14H,2,15H2,1H3,(H,25,28). The van der Waals surface area contributed by atoms with Crippen molar-refractivity contribution in [2.45, 2.75) is 18.5 Å². The Bertz CT molecular complexity index is 1260. The number of carbonyl (C=O) groups is 1. The van der Waals surface area contributed by atoms with Gasteiger partial charge >= 0.3 is 0 Å². The summed E-state index contributed by atoms with van der Waals surface area (Å²) in [6.45, 7) is 2.07. The summed E-state index contributed by atoms with van der Waals surface area (Å²) >= 11 is 1.21. The molecule has 1 amide bonds. The lowest BCUT2D eigenvalue weighted by Gasteiger charge is -2.13. The summed E-state index contributed by atoms with van der Waals surface area (Å²) in [7, 11) is 0. The normalized spacial score (nSPS) is 10.8. The molecule has 0 unspecified atom stereocenters. The van der Waals surface area contributed by atoms with Gasteiger partial charge in [0, 0.05) is 11.9 Å². The predicted octanol–water partition coefficient (Wildman–Crippen LogP) is 4.07. The van der Waals surface area contributed by atoms with E-state index in [9.17, 15) is 9.59 Å². The van der Waals surface area contributed by atoms with E-state index < -0.39 is 0 Å². The average molecular weight is 417 g/mol. The van der Waals surface area contributed by atoms with Gasteiger partial charge in [-0.05, 0) is 48.4 Å². The summed E-state index contributed by atoms with van der Waals surface area (Å²) < 4.78 is 1.53. The van der Waals surface area contributed by atoms with E-state index in [2.05, 4.69) is 22.2 Å². The number of para-hydroxylation sites is 1. The van der Waals surface area contributed by atoms with Gasteiger partial charge in [0.15, 0.2) is 10.8 Å². The van der Waals surface area contributed by atoms with Crippen LogP contribution in [0.3, 0.4) is 0 Å². The molecule has 1 N–H and O–H groups in total. The lowest BCUT2D eigenvalue weighted by atomic mass is 10.1. The summed E-state index contributed by atoms with van der Waals surface area (Å²) in [6, 6.07) is 20.5. The number of anilines is 1. The molecular weight excluding hydrogens is 396 g/mol. The molecule has 0 spiro atoms. The molecule has 0 atom stereocenters. The van der Waals surface area contributed by atoms with Crippen LogP contribution in [-0.4, -0.2) is 26.2 Å². The van der Waals surface area contributed by atoms with Crippen LogP contribution >= 0.6 is 11.8 Å². The molecule has 0 aliphatic carbocycles. The minimum Gasteiger partial charge on any atom is -0.325 e. The van der Waals surface area contributed by atoms with Crippen molar-refractivity contribution in [3.8, 4) is 5.69 Å². The minimum absolute atomic E-state index is 0.119. The largest absolute Gasteiger partial charge is 0.325 e. The van der Waals surface area contributed by atoms with Crippen LogP contribution in [0.2, 0.25) is 0 Å². The topological polar surface area (TPSA) is 76.9 Å². The van der Waals surface area contributed by atoms with Gasteiger partial charge in [-0.3, -0.25) is 14.2 Å². The maximum atomic E-state index is 13.1. The summed E-state index contributed by atoms with van der Waals surface area (Å²) in [5.74, 6) is -0.0447. The predicted molar refractivity (Wildman–Crippen MR) is 120 cm³/mol. The fourth-order valence-corrected chi connectivity index (χ4v) is 3.90. The van der Waals surface area contributed by atoms with Gasteiger partial charge in [-0.1, -0.05) is 49.0 Å². The second-order valence-corrected chi connectivity index (χ2v) is 7.58. The van der Waals surface area contributed by atoms with E-state index in [0.29, 0.717) is 21.9 Å². The van der Waals surface area contributed by atoms with E-state index in [1.165, 1.54) is 16.3 Å². The lowest BCUT2D eigenvalue weighted by molar-refractivity contribution is -0.113. The van der Waals surface area contributed by atoms with Crippen LogP contribution in [0.1, 0.15) is 12.5 Å². The first kappa shape index (κ1) is 19.8. The number of hydrogen-bond donors (Lipinski definition) is 1. The zero-order valence-corrected chi connectivity index (χ0v) is 17.2. The molecule has 2 aromatic carbocycles. The summed E-state index contributed by atoms with van der Waals surface area (Å²) in [5.41, 5.74) is 2.76. The Morgan fingerprint density at radius 1 is 1.07 bits per heavy atom. The number of amides is 1. The smallest absolute Gasteiger partial charge is 0.268 e. The minimum atomic E-state index is -0.210. The second kappa shape index (κ2) is 8.92. The number of rotatable bonds is 6. The van der Waals surface area contributed by atoms with Crippen LogP contribution in [0.15, 0.2) is 82.9 Å². The molecule has 6 nitrogen and oxygen atoms in total. The highest BCUT2D eigenvalue weighted by atomic mass is 32.2. The van der Waals surface area contributed by atoms with Gasteiger partial charge in [0.25, 0.3) is 5.56 Å². The molecule has 150 valence electrons. The van der Waals surface area contributed by atoms with Crippen molar-refractivity contribution in [3.05, 3.63) is 88.8 Å². The maximum Gasteiger partial charge on any atom is 0.268 e. The molecular formula is C23H20N4O2S. The van der Waals surface area contributed by atoms with Crippen LogP contribution in [0.4, 0.5) is 5.69 Å². The van der Waals surface area contributed by atoms with E-state index in [-0.39, 0.29) is 17.2 Å². The summed E-state index contributed by atoms with van der Waals surface area (Å²) in [5, 5.41) is 3.77. The maximum absolute atomic E-state index is 13.1. The number of nitrogens with one attached hydrogen (secondary N) is 1. The highest BCUT2D eigenvalue weighted by molar-refractivity contribution is 7.99. The van der Waals surface area contributed by atoms with E-state index >= 15 is 0 Å². The van der Waals surface area contributed by atoms with E-state index in [4.69, 9.17) is 0 Å². The third kappa shape index (κ3) is 4.26. The third-order valence-corrected chi connectivity index (χ3v) is 5.52. The number of thioether (sulfide) groups is 1. The van der Waals surface area contributed by atoms with Gasteiger partial charge in [-0.15, -0.1) is 0 Å². The Balaban J connectivity index is 1.63. The van der Waals surface area contributed by atoms with Gasteiger partial charge in [0.05, 0.1) is 16.8 Å². The Morgan fingerprint density at radius 3 is 2.70 bits per heavy atom. The van der Waals surface area contributed by atoms with Crippen molar-refractivity contribution >= 4 is 34.4 Å². The van der Waals surface area contributed by atoms with Gasteiger partial charge in [-0.2, -0.15) is 0 Å². The number of carbonyl (C=O) groups excluding carboxylic acids is 1. The molecule has 2 heterocycles. The van der Waals surface area contributed by atoms with E-state index in [1.807, 2.05) is 54.6 Å². The van der Waals surface area contributed by atoms with Crippen molar-refractivity contribution in [2.24, 2.45) is 0 Å². The van der Waals surface area contributed by atoms with Crippen LogP contribution in [0.5, 0.6) is 0 Å². The van der Waals surface area contributed by atoms with Crippen molar-refractivity contribution in [1.82, 2.24) is 14.5 Å². The molecule has 4 rings (SSSR count). The fourth-order valence-electron chi connectivity index (χ4n) is 3.10. The number of fused-ring (bicyclic) bond motifs is 1. The molecule has 0 saturated heterocycles. The Labute approximate surface area is 178 Å². The summed E-state index contributed by atoms with van der Waals surface area (Å²) in [6.07, 6.45) is 2.50. The number of aromatic nitrogens is 3. The van der Waals surface area contributed by atoms with Crippen molar-refractivity contribution < 1.29 is 4.79 Å². The first-order valence-corrected chi connectivity index (χ1v) is 10.6. The van der Waals surface area contributed by atoms with Crippen LogP contribution in [0, 0.1) is 0 Å². The van der Waals surface area contributed by atoms with Crippen molar-refractivity contribution in [1.29, 1.82) is 0 Å². The molecule has 4 aromatic rings. The van der Waals surface area contributed by atoms with Crippen molar-refractivity contribution in [2.75, 3.05) is 11.1 Å². The van der Waals surface area contributed by atoms with Crippen LogP contribution in [-0.2, 0) is 11.2 Å². The lowest BCUT2D eigenvalue weighted by Crippen LogP contribution is -2.23. The Kier molecular flexibility index (Phi) is 5.90. The number of hydrogen-bond acceptors (Lipinski definition) is 5. The average Bonchev–Trinajstić information content (AvgIpc) is 2.78. The number of aryl methyl sites for hydroxylation is 1. The Hall–Kier alpha value is -3.45. The molecule has 0 fully saturated rings. The highest BCUT2D eigenvalue weighted by Gasteiger charge is 2.15. The Morgan fingerprint density at radius 2 is 1.90 bits per heavy atom.